The maximum Gasteiger partial charge on any atom is 0.418 e. The van der Waals surface area contributed by atoms with Crippen LogP contribution in [-0.4, -0.2) is 73.9 Å². The van der Waals surface area contributed by atoms with Gasteiger partial charge in [0.2, 0.25) is 5.88 Å². The fourth-order valence-corrected chi connectivity index (χ4v) is 4.42. The SMILES string of the molecule is COc1ccc(S(=O)(=O)NC(=N)[C@@H]2CC[C@@H]3CN2C(=O)N3OS(=O)(=O)O)cn1. The van der Waals surface area contributed by atoms with Crippen molar-refractivity contribution in [1.29, 1.82) is 5.41 Å². The number of piperidine rings is 1. The first kappa shape index (κ1) is 20.2. The third-order valence-corrected chi connectivity index (χ3v) is 6.00. The molecule has 1 aromatic heterocycles. The van der Waals surface area contributed by atoms with Crippen LogP contribution in [0.15, 0.2) is 23.2 Å². The molecule has 0 aromatic carbocycles. The van der Waals surface area contributed by atoms with Crippen molar-refractivity contribution in [3.63, 3.8) is 0 Å². The minimum Gasteiger partial charge on any atom is -0.481 e. The molecule has 2 aliphatic rings. The van der Waals surface area contributed by atoms with Crippen LogP contribution in [0, 0.1) is 5.41 Å². The molecule has 0 unspecified atom stereocenters. The lowest BCUT2D eigenvalue weighted by atomic mass is 10.0. The Labute approximate surface area is 160 Å². The maximum absolute atomic E-state index is 12.4. The average Bonchev–Trinajstić information content (AvgIpc) is 2.85. The molecular weight excluding hydrogens is 418 g/mol. The fraction of sp³-hybridized carbons (Fsp3) is 0.462. The summed E-state index contributed by atoms with van der Waals surface area (Å²) in [5.41, 5.74) is 0. The van der Waals surface area contributed by atoms with Crippen LogP contribution in [-0.2, 0) is 24.7 Å². The number of carbonyl (C=O) groups excluding carboxylic acids is 1. The van der Waals surface area contributed by atoms with Gasteiger partial charge in [-0.3, -0.25) is 14.7 Å². The van der Waals surface area contributed by atoms with Crippen LogP contribution in [0.4, 0.5) is 4.79 Å². The van der Waals surface area contributed by atoms with E-state index in [9.17, 15) is 21.6 Å². The van der Waals surface area contributed by atoms with Crippen LogP contribution in [0.1, 0.15) is 12.8 Å². The summed E-state index contributed by atoms with van der Waals surface area (Å²) in [4.78, 5) is 17.0. The van der Waals surface area contributed by atoms with Crippen molar-refractivity contribution in [2.75, 3.05) is 13.7 Å². The lowest BCUT2D eigenvalue weighted by Crippen LogP contribution is -2.50. The molecule has 28 heavy (non-hydrogen) atoms. The topological polar surface area (TPSA) is 179 Å². The summed E-state index contributed by atoms with van der Waals surface area (Å²) < 4.78 is 66.7. The molecule has 1 aromatic rings. The van der Waals surface area contributed by atoms with Crippen molar-refractivity contribution in [1.82, 2.24) is 19.7 Å². The second-order valence-electron chi connectivity index (χ2n) is 6.07. The molecule has 0 spiro atoms. The monoisotopic (exact) mass is 435 g/mol. The summed E-state index contributed by atoms with van der Waals surface area (Å²) in [5, 5.41) is 8.62. The molecule has 154 valence electrons. The zero-order valence-corrected chi connectivity index (χ0v) is 16.1. The van der Waals surface area contributed by atoms with Crippen LogP contribution >= 0.6 is 0 Å². The van der Waals surface area contributed by atoms with Crippen LogP contribution in [0.5, 0.6) is 5.88 Å². The Kier molecular flexibility index (Phi) is 5.18. The number of hydrogen-bond donors (Lipinski definition) is 3. The van der Waals surface area contributed by atoms with Crippen molar-refractivity contribution in [3.8, 4) is 5.88 Å². The standard InChI is InChI=1S/C13H17N5O8S2/c1-25-11-5-3-9(6-15-11)27(20,21)16-12(14)10-4-2-8-7-17(10)13(19)18(8)26-28(22,23)24/h3,5-6,8,10H,2,4,7H2,1H3,(H2,14,16)(H,22,23,24)/t8-,10+/m1/s1. The third kappa shape index (κ3) is 4.01. The van der Waals surface area contributed by atoms with Gasteiger partial charge in [-0.2, -0.15) is 13.5 Å². The molecule has 2 saturated heterocycles. The molecule has 0 aliphatic carbocycles. The third-order valence-electron chi connectivity index (χ3n) is 4.30. The van der Waals surface area contributed by atoms with E-state index in [0.717, 1.165) is 11.1 Å². The van der Waals surface area contributed by atoms with E-state index in [-0.39, 0.29) is 30.2 Å². The van der Waals surface area contributed by atoms with Crippen molar-refractivity contribution >= 4 is 32.3 Å². The number of urea groups is 1. The molecule has 13 nitrogen and oxygen atoms in total. The zero-order chi connectivity index (χ0) is 20.7. The minimum absolute atomic E-state index is 0.0211. The number of ether oxygens (including phenoxy) is 1. The first-order chi connectivity index (χ1) is 13.0. The molecule has 2 fully saturated rings. The zero-order valence-electron chi connectivity index (χ0n) is 14.5. The number of methoxy groups -OCH3 is 1. The van der Waals surface area contributed by atoms with Gasteiger partial charge in [-0.25, -0.2) is 18.2 Å². The van der Waals surface area contributed by atoms with E-state index in [0.29, 0.717) is 5.06 Å². The van der Waals surface area contributed by atoms with Gasteiger partial charge in [0, 0.05) is 12.6 Å². The summed E-state index contributed by atoms with van der Waals surface area (Å²) in [7, 11) is -7.64. The molecule has 3 rings (SSSR count). The Morgan fingerprint density at radius 1 is 1.32 bits per heavy atom. The molecular formula is C13H17N5O8S2. The van der Waals surface area contributed by atoms with E-state index in [1.165, 1.54) is 19.2 Å². The second-order valence-corrected chi connectivity index (χ2v) is 8.75. The largest absolute Gasteiger partial charge is 0.481 e. The lowest BCUT2D eigenvalue weighted by molar-refractivity contribution is -0.0316. The number of nitrogens with one attached hydrogen (secondary N) is 2. The summed E-state index contributed by atoms with van der Waals surface area (Å²) in [5.74, 6) is -0.245. The predicted molar refractivity (Wildman–Crippen MR) is 92.2 cm³/mol. The Morgan fingerprint density at radius 2 is 2.04 bits per heavy atom. The summed E-state index contributed by atoms with van der Waals surface area (Å²) in [6.45, 7) is 0.0211. The second kappa shape index (κ2) is 7.16. The molecule has 3 N–H and O–H groups in total. The van der Waals surface area contributed by atoms with Crippen molar-refractivity contribution in [2.24, 2.45) is 0 Å². The van der Waals surface area contributed by atoms with Crippen molar-refractivity contribution < 1.29 is 35.2 Å². The summed E-state index contributed by atoms with van der Waals surface area (Å²) in [6, 6.07) is 0.139. The van der Waals surface area contributed by atoms with E-state index < -0.39 is 44.4 Å². The molecule has 0 radical (unpaired) electrons. The Morgan fingerprint density at radius 3 is 2.61 bits per heavy atom. The average molecular weight is 435 g/mol. The number of carbonyl (C=O) groups is 1. The lowest BCUT2D eigenvalue weighted by Gasteiger charge is -2.30. The van der Waals surface area contributed by atoms with Crippen molar-refractivity contribution in [2.45, 2.75) is 29.8 Å². The smallest absolute Gasteiger partial charge is 0.418 e. The van der Waals surface area contributed by atoms with Gasteiger partial charge < -0.3 is 9.64 Å². The first-order valence-corrected chi connectivity index (χ1v) is 10.7. The minimum atomic E-state index is -4.89. The number of hydrogen-bond acceptors (Lipinski definition) is 9. The number of pyridine rings is 1. The van der Waals surface area contributed by atoms with Gasteiger partial charge in [0.05, 0.1) is 25.4 Å². The van der Waals surface area contributed by atoms with Crippen molar-refractivity contribution in [3.05, 3.63) is 18.3 Å². The van der Waals surface area contributed by atoms with Gasteiger partial charge in [-0.1, -0.05) is 0 Å². The molecule has 2 bridgehead atoms. The number of nitrogens with zero attached hydrogens (tertiary/aromatic N) is 3. The van der Waals surface area contributed by atoms with Gasteiger partial charge >= 0.3 is 16.4 Å². The quantitative estimate of drug-likeness (QED) is 0.297. The molecule has 2 atom stereocenters. The van der Waals surface area contributed by atoms with E-state index in [1.807, 2.05) is 0 Å². The van der Waals surface area contributed by atoms with Gasteiger partial charge in [-0.15, -0.1) is 4.28 Å². The first-order valence-electron chi connectivity index (χ1n) is 7.90. The van der Waals surface area contributed by atoms with E-state index in [2.05, 4.69) is 14.0 Å². The molecule has 2 amide bonds. The Balaban J connectivity index is 1.74. The van der Waals surface area contributed by atoms with E-state index >= 15 is 0 Å². The predicted octanol–water partition coefficient (Wildman–Crippen LogP) is -0.651. The van der Waals surface area contributed by atoms with Gasteiger partial charge in [0.1, 0.15) is 10.7 Å². The fourth-order valence-electron chi connectivity index (χ4n) is 3.05. The van der Waals surface area contributed by atoms with Crippen LogP contribution < -0.4 is 9.46 Å². The number of fused-ring (bicyclic) bond motifs is 2. The molecule has 2 aliphatic heterocycles. The van der Waals surface area contributed by atoms with Crippen LogP contribution in [0.3, 0.4) is 0 Å². The number of amidine groups is 1. The summed E-state index contributed by atoms with van der Waals surface area (Å²) >= 11 is 0. The number of amides is 2. The van der Waals surface area contributed by atoms with Crippen LogP contribution in [0.25, 0.3) is 0 Å². The van der Waals surface area contributed by atoms with E-state index in [4.69, 9.17) is 14.7 Å². The van der Waals surface area contributed by atoms with Gasteiger partial charge in [0.25, 0.3) is 10.0 Å². The highest BCUT2D eigenvalue weighted by molar-refractivity contribution is 7.90. The molecule has 0 saturated carbocycles. The number of sulfonamides is 1. The van der Waals surface area contributed by atoms with E-state index in [1.54, 1.807) is 0 Å². The molecule has 15 heteroatoms. The Bertz CT molecular complexity index is 994. The Hall–Kier alpha value is -2.49. The van der Waals surface area contributed by atoms with Crippen LogP contribution in [0.2, 0.25) is 0 Å². The van der Waals surface area contributed by atoms with Gasteiger partial charge in [-0.05, 0) is 18.9 Å². The molecule has 3 heterocycles. The number of aromatic nitrogens is 1. The normalized spacial score (nSPS) is 22.3. The van der Waals surface area contributed by atoms with Gasteiger partial charge in [0.15, 0.2) is 0 Å². The number of hydroxylamine groups is 2. The number of rotatable bonds is 6. The maximum atomic E-state index is 12.4. The summed E-state index contributed by atoms with van der Waals surface area (Å²) in [6.07, 6.45) is 1.51. The highest BCUT2D eigenvalue weighted by atomic mass is 32.3. The highest BCUT2D eigenvalue weighted by Gasteiger charge is 2.48. The highest BCUT2D eigenvalue weighted by Crippen LogP contribution is 2.31.